The number of carbonyl (C=O) groups is 1. The predicted molar refractivity (Wildman–Crippen MR) is 73.7 cm³/mol. The fraction of sp³-hybridized carbons (Fsp3) is 0.154. The molecule has 2 rings (SSSR count). The maximum Gasteiger partial charge on any atom is 0.324 e. The molecule has 0 aliphatic heterocycles. The second kappa shape index (κ2) is 5.92. The van der Waals surface area contributed by atoms with Crippen LogP contribution < -0.4 is 16.4 Å². The minimum atomic E-state index is -0.373. The third-order valence-corrected chi connectivity index (χ3v) is 2.48. The Labute approximate surface area is 111 Å². The number of nitrogens with zero attached hydrogens (tertiary/aromatic N) is 2. The average molecular weight is 257 g/mol. The van der Waals surface area contributed by atoms with E-state index in [2.05, 4.69) is 20.8 Å². The lowest BCUT2D eigenvalue weighted by atomic mass is 10.1. The van der Waals surface area contributed by atoms with Gasteiger partial charge in [-0.3, -0.25) is 5.32 Å². The van der Waals surface area contributed by atoms with Gasteiger partial charge >= 0.3 is 6.03 Å². The lowest BCUT2D eigenvalue weighted by molar-refractivity contribution is 0.262. The van der Waals surface area contributed by atoms with E-state index in [0.29, 0.717) is 11.5 Å². The number of urea groups is 1. The Kier molecular flexibility index (Phi) is 4.04. The van der Waals surface area contributed by atoms with E-state index >= 15 is 0 Å². The molecule has 19 heavy (non-hydrogen) atoms. The van der Waals surface area contributed by atoms with Crippen molar-refractivity contribution in [3.05, 3.63) is 48.2 Å². The molecule has 1 heterocycles. The van der Waals surface area contributed by atoms with E-state index in [1.807, 2.05) is 25.1 Å². The summed E-state index contributed by atoms with van der Waals surface area (Å²) >= 11 is 0. The van der Waals surface area contributed by atoms with E-state index < -0.39 is 0 Å². The lowest BCUT2D eigenvalue weighted by Gasteiger charge is -2.10. The summed E-state index contributed by atoms with van der Waals surface area (Å²) in [4.78, 5) is 11.7. The molecule has 1 unspecified atom stereocenters. The maximum atomic E-state index is 11.7. The van der Waals surface area contributed by atoms with Crippen LogP contribution in [0.25, 0.3) is 0 Å². The first-order chi connectivity index (χ1) is 9.15. The van der Waals surface area contributed by atoms with Crippen LogP contribution in [0.3, 0.4) is 0 Å². The van der Waals surface area contributed by atoms with Crippen molar-refractivity contribution >= 4 is 17.5 Å². The zero-order valence-electron chi connectivity index (χ0n) is 10.5. The van der Waals surface area contributed by atoms with Gasteiger partial charge in [-0.2, -0.15) is 5.10 Å². The van der Waals surface area contributed by atoms with Crippen LogP contribution in [0, 0.1) is 0 Å². The van der Waals surface area contributed by atoms with E-state index in [-0.39, 0.29) is 12.1 Å². The largest absolute Gasteiger partial charge is 0.324 e. The fourth-order valence-corrected chi connectivity index (χ4v) is 1.55. The van der Waals surface area contributed by atoms with Crippen LogP contribution >= 0.6 is 0 Å². The van der Waals surface area contributed by atoms with Crippen molar-refractivity contribution in [1.82, 2.24) is 10.2 Å². The summed E-state index contributed by atoms with van der Waals surface area (Å²) in [5.41, 5.74) is 7.42. The molecule has 0 aliphatic carbocycles. The molecule has 2 aromatic rings. The molecule has 2 amide bonds. The zero-order valence-corrected chi connectivity index (χ0v) is 10.5. The smallest absolute Gasteiger partial charge is 0.324 e. The first-order valence-electron chi connectivity index (χ1n) is 5.86. The highest BCUT2D eigenvalue weighted by atomic mass is 16.2. The minimum Gasteiger partial charge on any atom is -0.324 e. The molecule has 0 aliphatic rings. The lowest BCUT2D eigenvalue weighted by Crippen LogP contribution is -2.20. The van der Waals surface area contributed by atoms with Gasteiger partial charge in [-0.25, -0.2) is 4.79 Å². The minimum absolute atomic E-state index is 0.0789. The Balaban J connectivity index is 2.01. The normalized spacial score (nSPS) is 11.7. The van der Waals surface area contributed by atoms with Crippen molar-refractivity contribution in [2.24, 2.45) is 5.73 Å². The maximum absolute atomic E-state index is 11.7. The predicted octanol–water partition coefficient (Wildman–Crippen LogP) is 2.14. The summed E-state index contributed by atoms with van der Waals surface area (Å²) in [7, 11) is 0. The first kappa shape index (κ1) is 13.0. The molecule has 6 nitrogen and oxygen atoms in total. The second-order valence-corrected chi connectivity index (χ2v) is 4.10. The van der Waals surface area contributed by atoms with Gasteiger partial charge in [0.15, 0.2) is 5.82 Å². The molecule has 1 aromatic carbocycles. The highest BCUT2D eigenvalue weighted by Gasteiger charge is 2.05. The van der Waals surface area contributed by atoms with Crippen LogP contribution in [0.2, 0.25) is 0 Å². The molecule has 0 spiro atoms. The van der Waals surface area contributed by atoms with Crippen LogP contribution in [0.4, 0.5) is 16.3 Å². The van der Waals surface area contributed by atoms with Gasteiger partial charge in [0.25, 0.3) is 0 Å². The van der Waals surface area contributed by atoms with Gasteiger partial charge < -0.3 is 11.1 Å². The number of carbonyl (C=O) groups excluding carboxylic acids is 1. The van der Waals surface area contributed by atoms with Gasteiger partial charge in [-0.15, -0.1) is 5.10 Å². The van der Waals surface area contributed by atoms with Crippen LogP contribution in [0.15, 0.2) is 42.6 Å². The molecule has 0 saturated heterocycles. The van der Waals surface area contributed by atoms with Crippen molar-refractivity contribution in [2.75, 3.05) is 10.6 Å². The van der Waals surface area contributed by atoms with Crippen LogP contribution in [-0.2, 0) is 0 Å². The molecule has 1 aromatic heterocycles. The molecule has 0 fully saturated rings. The third kappa shape index (κ3) is 3.75. The van der Waals surface area contributed by atoms with E-state index in [4.69, 9.17) is 5.73 Å². The number of hydrogen-bond donors (Lipinski definition) is 3. The molecule has 1 atom stereocenters. The van der Waals surface area contributed by atoms with E-state index in [0.717, 1.165) is 5.56 Å². The molecule has 0 radical (unpaired) electrons. The summed E-state index contributed by atoms with van der Waals surface area (Å²) in [6.45, 7) is 1.89. The molecule has 6 heteroatoms. The van der Waals surface area contributed by atoms with Gasteiger partial charge in [0, 0.05) is 17.9 Å². The molecular weight excluding hydrogens is 242 g/mol. The summed E-state index contributed by atoms with van der Waals surface area (Å²) in [6.07, 6.45) is 1.54. The number of amides is 2. The molecular formula is C13H15N5O. The summed E-state index contributed by atoms with van der Waals surface area (Å²) in [5.74, 6) is 0.392. The Morgan fingerprint density at radius 2 is 2.11 bits per heavy atom. The average Bonchev–Trinajstić information content (AvgIpc) is 2.40. The SMILES string of the molecule is CC(N)c1cccc(NC(=O)Nc2cccnn2)c1. The standard InChI is InChI=1S/C13H15N5O/c1-9(14)10-4-2-5-11(8-10)16-13(19)17-12-6-3-7-15-18-12/h2-9H,14H2,1H3,(H2,16,17,18,19). The quantitative estimate of drug-likeness (QED) is 0.785. The van der Waals surface area contributed by atoms with Crippen LogP contribution in [0.1, 0.15) is 18.5 Å². The number of benzene rings is 1. The van der Waals surface area contributed by atoms with Crippen molar-refractivity contribution in [1.29, 1.82) is 0 Å². The number of rotatable bonds is 3. The second-order valence-electron chi connectivity index (χ2n) is 4.10. The van der Waals surface area contributed by atoms with Crippen LogP contribution in [0.5, 0.6) is 0 Å². The van der Waals surface area contributed by atoms with Gasteiger partial charge in [0.05, 0.1) is 0 Å². The molecule has 0 saturated carbocycles. The Bertz CT molecular complexity index is 556. The highest BCUT2D eigenvalue weighted by Crippen LogP contribution is 2.15. The third-order valence-electron chi connectivity index (χ3n) is 2.48. The van der Waals surface area contributed by atoms with Gasteiger partial charge in [-0.1, -0.05) is 12.1 Å². The summed E-state index contributed by atoms with van der Waals surface area (Å²) in [6, 6.07) is 10.3. The number of nitrogens with one attached hydrogen (secondary N) is 2. The number of anilines is 2. The topological polar surface area (TPSA) is 92.9 Å². The Hall–Kier alpha value is -2.47. The van der Waals surface area contributed by atoms with Gasteiger partial charge in [-0.05, 0) is 36.8 Å². The van der Waals surface area contributed by atoms with Gasteiger partial charge in [0.1, 0.15) is 0 Å². The molecule has 0 bridgehead atoms. The van der Waals surface area contributed by atoms with Crippen molar-refractivity contribution < 1.29 is 4.79 Å². The van der Waals surface area contributed by atoms with Crippen molar-refractivity contribution in [3.8, 4) is 0 Å². The Morgan fingerprint density at radius 1 is 1.26 bits per heavy atom. The molecule has 98 valence electrons. The number of aromatic nitrogens is 2. The van der Waals surface area contributed by atoms with Gasteiger partial charge in [0.2, 0.25) is 0 Å². The van der Waals surface area contributed by atoms with Crippen molar-refractivity contribution in [3.63, 3.8) is 0 Å². The highest BCUT2D eigenvalue weighted by molar-refractivity contribution is 5.99. The zero-order chi connectivity index (χ0) is 13.7. The monoisotopic (exact) mass is 257 g/mol. The van der Waals surface area contributed by atoms with E-state index in [9.17, 15) is 4.79 Å². The van der Waals surface area contributed by atoms with E-state index in [1.165, 1.54) is 6.20 Å². The number of hydrogen-bond acceptors (Lipinski definition) is 4. The number of nitrogens with two attached hydrogens (primary N) is 1. The van der Waals surface area contributed by atoms with E-state index in [1.54, 1.807) is 18.2 Å². The van der Waals surface area contributed by atoms with Crippen molar-refractivity contribution in [2.45, 2.75) is 13.0 Å². The first-order valence-corrected chi connectivity index (χ1v) is 5.86. The molecule has 4 N–H and O–H groups in total. The Morgan fingerprint density at radius 3 is 2.79 bits per heavy atom. The van der Waals surface area contributed by atoms with Crippen LogP contribution in [-0.4, -0.2) is 16.2 Å². The summed E-state index contributed by atoms with van der Waals surface area (Å²) < 4.78 is 0. The fourth-order valence-electron chi connectivity index (χ4n) is 1.55. The summed E-state index contributed by atoms with van der Waals surface area (Å²) in [5, 5.41) is 12.7.